The summed E-state index contributed by atoms with van der Waals surface area (Å²) in [5.41, 5.74) is 1.27. The first kappa shape index (κ1) is 13.1. The number of thioether (sulfide) groups is 1. The van der Waals surface area contributed by atoms with Gasteiger partial charge in [-0.15, -0.1) is 0 Å². The van der Waals surface area contributed by atoms with Gasteiger partial charge in [0.25, 0.3) is 0 Å². The standard InChI is InChI=1S/C15H21NO2S/c1-10(16-13-4-3-7-19-11(13)2)12-5-6-14-15(8-12)18-9-17-14/h5-6,8,10-11,13,16H,3-4,7,9H2,1-2H3. The molecule has 1 N–H and O–H groups in total. The van der Waals surface area contributed by atoms with Gasteiger partial charge in [-0.2, -0.15) is 11.8 Å². The predicted molar refractivity (Wildman–Crippen MR) is 79.1 cm³/mol. The van der Waals surface area contributed by atoms with Gasteiger partial charge in [-0.25, -0.2) is 0 Å². The van der Waals surface area contributed by atoms with Crippen LogP contribution in [0.25, 0.3) is 0 Å². The fraction of sp³-hybridized carbons (Fsp3) is 0.600. The van der Waals surface area contributed by atoms with Crippen LogP contribution in [0.1, 0.15) is 38.3 Å². The average molecular weight is 279 g/mol. The van der Waals surface area contributed by atoms with Crippen molar-refractivity contribution in [3.8, 4) is 11.5 Å². The minimum absolute atomic E-state index is 0.344. The van der Waals surface area contributed by atoms with Crippen molar-refractivity contribution in [3.05, 3.63) is 23.8 Å². The summed E-state index contributed by atoms with van der Waals surface area (Å²) in [6, 6.07) is 7.20. The molecule has 0 spiro atoms. The average Bonchev–Trinajstić information content (AvgIpc) is 2.88. The number of rotatable bonds is 3. The topological polar surface area (TPSA) is 30.5 Å². The maximum atomic E-state index is 5.45. The van der Waals surface area contributed by atoms with E-state index in [0.29, 0.717) is 24.1 Å². The second-order valence-corrected chi connectivity index (χ2v) is 6.81. The Hall–Kier alpha value is -0.870. The Morgan fingerprint density at radius 1 is 1.32 bits per heavy atom. The monoisotopic (exact) mass is 279 g/mol. The van der Waals surface area contributed by atoms with Crippen LogP contribution in [0.5, 0.6) is 11.5 Å². The molecule has 0 radical (unpaired) electrons. The van der Waals surface area contributed by atoms with Crippen molar-refractivity contribution < 1.29 is 9.47 Å². The summed E-state index contributed by atoms with van der Waals surface area (Å²) < 4.78 is 10.8. The summed E-state index contributed by atoms with van der Waals surface area (Å²) >= 11 is 2.08. The van der Waals surface area contributed by atoms with Crippen LogP contribution in [0.2, 0.25) is 0 Å². The summed E-state index contributed by atoms with van der Waals surface area (Å²) in [7, 11) is 0. The van der Waals surface area contributed by atoms with Crippen LogP contribution in [0.4, 0.5) is 0 Å². The molecule has 1 aromatic rings. The van der Waals surface area contributed by atoms with Crippen LogP contribution in [0.3, 0.4) is 0 Å². The normalized spacial score (nSPS) is 27.3. The maximum absolute atomic E-state index is 5.45. The fourth-order valence-electron chi connectivity index (χ4n) is 2.74. The van der Waals surface area contributed by atoms with Crippen molar-refractivity contribution in [1.82, 2.24) is 5.32 Å². The van der Waals surface area contributed by atoms with Crippen molar-refractivity contribution in [2.75, 3.05) is 12.5 Å². The summed E-state index contributed by atoms with van der Waals surface area (Å²) in [5.74, 6) is 3.03. The van der Waals surface area contributed by atoms with Crippen LogP contribution in [0, 0.1) is 0 Å². The third-order valence-corrected chi connectivity index (χ3v) is 5.35. The predicted octanol–water partition coefficient (Wildman–Crippen LogP) is 3.35. The summed E-state index contributed by atoms with van der Waals surface area (Å²) in [6.45, 7) is 4.90. The lowest BCUT2D eigenvalue weighted by atomic mass is 10.0. The molecule has 3 unspecified atom stereocenters. The Morgan fingerprint density at radius 2 is 2.16 bits per heavy atom. The quantitative estimate of drug-likeness (QED) is 0.919. The summed E-state index contributed by atoms with van der Waals surface area (Å²) in [6.07, 6.45) is 2.60. The third kappa shape index (κ3) is 2.84. The van der Waals surface area contributed by atoms with Gasteiger partial charge in [-0.1, -0.05) is 13.0 Å². The highest BCUT2D eigenvalue weighted by atomic mass is 32.2. The van der Waals surface area contributed by atoms with Gasteiger partial charge in [-0.3, -0.25) is 0 Å². The smallest absolute Gasteiger partial charge is 0.231 e. The van der Waals surface area contributed by atoms with Crippen molar-refractivity contribution >= 4 is 11.8 Å². The second kappa shape index (κ2) is 5.63. The molecule has 0 aromatic heterocycles. The summed E-state index contributed by atoms with van der Waals surface area (Å²) in [4.78, 5) is 0. The molecule has 104 valence electrons. The zero-order chi connectivity index (χ0) is 13.2. The highest BCUT2D eigenvalue weighted by Gasteiger charge is 2.24. The maximum Gasteiger partial charge on any atom is 0.231 e. The number of benzene rings is 1. The van der Waals surface area contributed by atoms with Gasteiger partial charge in [0, 0.05) is 17.3 Å². The van der Waals surface area contributed by atoms with Crippen LogP contribution in [0.15, 0.2) is 18.2 Å². The van der Waals surface area contributed by atoms with E-state index in [1.54, 1.807) is 0 Å². The lowest BCUT2D eigenvalue weighted by molar-refractivity contribution is 0.174. The van der Waals surface area contributed by atoms with E-state index in [-0.39, 0.29) is 0 Å². The van der Waals surface area contributed by atoms with Crippen molar-refractivity contribution in [3.63, 3.8) is 0 Å². The third-order valence-electron chi connectivity index (χ3n) is 3.97. The molecular formula is C15H21NO2S. The van der Waals surface area contributed by atoms with Crippen LogP contribution < -0.4 is 14.8 Å². The Morgan fingerprint density at radius 3 is 3.00 bits per heavy atom. The lowest BCUT2D eigenvalue weighted by Crippen LogP contribution is -2.40. The molecule has 2 aliphatic rings. The Bertz CT molecular complexity index is 452. The molecule has 0 aliphatic carbocycles. The van der Waals surface area contributed by atoms with E-state index in [1.807, 2.05) is 6.07 Å². The first-order valence-corrected chi connectivity index (χ1v) is 8.06. The Kier molecular flexibility index (Phi) is 3.89. The minimum atomic E-state index is 0.344. The molecule has 4 heteroatoms. The molecule has 0 amide bonds. The van der Waals surface area contributed by atoms with Crippen LogP contribution in [-0.4, -0.2) is 23.8 Å². The molecule has 3 atom stereocenters. The molecule has 2 aliphatic heterocycles. The number of hydrogen-bond acceptors (Lipinski definition) is 4. The molecule has 19 heavy (non-hydrogen) atoms. The SMILES string of the molecule is CC(NC1CCCSC1C)c1ccc2c(c1)OCO2. The van der Waals surface area contributed by atoms with Gasteiger partial charge in [0.05, 0.1) is 0 Å². The van der Waals surface area contributed by atoms with Gasteiger partial charge in [0.15, 0.2) is 11.5 Å². The minimum Gasteiger partial charge on any atom is -0.454 e. The van der Waals surface area contributed by atoms with Gasteiger partial charge in [-0.05, 0) is 43.2 Å². The van der Waals surface area contributed by atoms with Crippen LogP contribution >= 0.6 is 11.8 Å². The van der Waals surface area contributed by atoms with Gasteiger partial charge >= 0.3 is 0 Å². The Labute approximate surface area is 119 Å². The first-order chi connectivity index (χ1) is 9.24. The van der Waals surface area contributed by atoms with E-state index < -0.39 is 0 Å². The molecule has 0 saturated carbocycles. The molecule has 2 heterocycles. The van der Waals surface area contributed by atoms with E-state index in [2.05, 4.69) is 43.1 Å². The number of fused-ring (bicyclic) bond motifs is 1. The molecular weight excluding hydrogens is 258 g/mol. The molecule has 0 bridgehead atoms. The number of nitrogens with one attached hydrogen (secondary N) is 1. The zero-order valence-electron chi connectivity index (χ0n) is 11.5. The van der Waals surface area contributed by atoms with E-state index in [9.17, 15) is 0 Å². The Balaban J connectivity index is 1.68. The first-order valence-electron chi connectivity index (χ1n) is 7.01. The number of ether oxygens (including phenoxy) is 2. The highest BCUT2D eigenvalue weighted by molar-refractivity contribution is 7.99. The van der Waals surface area contributed by atoms with Gasteiger partial charge < -0.3 is 14.8 Å². The van der Waals surface area contributed by atoms with Crippen LogP contribution in [-0.2, 0) is 0 Å². The molecule has 1 aromatic carbocycles. The molecule has 3 nitrogen and oxygen atoms in total. The zero-order valence-corrected chi connectivity index (χ0v) is 12.3. The van der Waals surface area contributed by atoms with Gasteiger partial charge in [0.1, 0.15) is 0 Å². The summed E-state index contributed by atoms with van der Waals surface area (Å²) in [5, 5.41) is 4.46. The second-order valence-electron chi connectivity index (χ2n) is 5.33. The molecule has 3 rings (SSSR count). The van der Waals surface area contributed by atoms with E-state index >= 15 is 0 Å². The number of hydrogen-bond donors (Lipinski definition) is 1. The molecule has 1 fully saturated rings. The highest BCUT2D eigenvalue weighted by Crippen LogP contribution is 2.35. The van der Waals surface area contributed by atoms with Crippen molar-refractivity contribution in [2.24, 2.45) is 0 Å². The lowest BCUT2D eigenvalue weighted by Gasteiger charge is -2.32. The fourth-order valence-corrected chi connectivity index (χ4v) is 3.89. The van der Waals surface area contributed by atoms with E-state index in [1.165, 1.54) is 24.2 Å². The van der Waals surface area contributed by atoms with Crippen molar-refractivity contribution in [2.45, 2.75) is 44.0 Å². The van der Waals surface area contributed by atoms with E-state index in [4.69, 9.17) is 9.47 Å². The van der Waals surface area contributed by atoms with Gasteiger partial charge in [0.2, 0.25) is 6.79 Å². The van der Waals surface area contributed by atoms with Crippen molar-refractivity contribution in [1.29, 1.82) is 0 Å². The molecule has 1 saturated heterocycles. The largest absolute Gasteiger partial charge is 0.454 e. The van der Waals surface area contributed by atoms with E-state index in [0.717, 1.165) is 11.5 Å².